The van der Waals surface area contributed by atoms with Crippen LogP contribution >= 0.6 is 15.9 Å². The SMILES string of the molecule is N#C/C(=C\c1ccc(OCc2ccc(C(=O)O)cc2)c(Br)c1)C(=O)c1ccccc1. The zero-order chi connectivity index (χ0) is 21.5. The number of ketones is 1. The first-order chi connectivity index (χ1) is 14.5. The highest BCUT2D eigenvalue weighted by molar-refractivity contribution is 9.10. The summed E-state index contributed by atoms with van der Waals surface area (Å²) in [5, 5.41) is 18.3. The van der Waals surface area contributed by atoms with Crippen molar-refractivity contribution in [3.05, 3.63) is 105 Å². The number of nitrogens with zero attached hydrogens (tertiary/aromatic N) is 1. The highest BCUT2D eigenvalue weighted by Gasteiger charge is 2.12. The number of Topliss-reactive ketones (excluding diaryl/α,β-unsaturated/α-hetero) is 1. The number of hydrogen-bond donors (Lipinski definition) is 1. The number of carbonyl (C=O) groups excluding carboxylic acids is 1. The smallest absolute Gasteiger partial charge is 0.335 e. The molecule has 0 heterocycles. The molecule has 5 nitrogen and oxygen atoms in total. The molecule has 30 heavy (non-hydrogen) atoms. The van der Waals surface area contributed by atoms with Crippen LogP contribution in [-0.4, -0.2) is 16.9 Å². The van der Waals surface area contributed by atoms with Crippen molar-refractivity contribution in [2.24, 2.45) is 0 Å². The van der Waals surface area contributed by atoms with E-state index in [4.69, 9.17) is 9.84 Å². The second kappa shape index (κ2) is 9.68. The van der Waals surface area contributed by atoms with E-state index in [1.54, 1.807) is 54.6 Å². The topological polar surface area (TPSA) is 87.4 Å². The normalized spacial score (nSPS) is 10.9. The minimum atomic E-state index is -0.976. The van der Waals surface area contributed by atoms with E-state index in [0.717, 1.165) is 5.56 Å². The fraction of sp³-hybridized carbons (Fsp3) is 0.0417. The fourth-order valence-corrected chi connectivity index (χ4v) is 3.20. The molecule has 1 N–H and O–H groups in total. The monoisotopic (exact) mass is 461 g/mol. The maximum absolute atomic E-state index is 12.5. The Morgan fingerprint density at radius 3 is 2.30 bits per heavy atom. The van der Waals surface area contributed by atoms with Gasteiger partial charge in [-0.05, 0) is 57.4 Å². The number of benzene rings is 3. The number of aromatic carboxylic acids is 1. The van der Waals surface area contributed by atoms with Crippen molar-refractivity contribution in [3.63, 3.8) is 0 Å². The average molecular weight is 462 g/mol. The number of halogens is 1. The van der Waals surface area contributed by atoms with Crippen LogP contribution in [0.15, 0.2) is 82.8 Å². The molecular weight excluding hydrogens is 446 g/mol. The van der Waals surface area contributed by atoms with E-state index in [0.29, 0.717) is 21.3 Å². The van der Waals surface area contributed by atoms with Crippen LogP contribution in [0.5, 0.6) is 5.75 Å². The summed E-state index contributed by atoms with van der Waals surface area (Å²) in [6.45, 7) is 0.267. The number of hydrogen-bond acceptors (Lipinski definition) is 4. The van der Waals surface area contributed by atoms with Gasteiger partial charge in [-0.2, -0.15) is 5.26 Å². The summed E-state index contributed by atoms with van der Waals surface area (Å²) in [4.78, 5) is 23.4. The third-order valence-corrected chi connectivity index (χ3v) is 4.88. The second-order valence-corrected chi connectivity index (χ2v) is 7.20. The third-order valence-electron chi connectivity index (χ3n) is 4.26. The molecule has 3 aromatic rings. The number of allylic oxidation sites excluding steroid dienone is 1. The van der Waals surface area contributed by atoms with Crippen molar-refractivity contribution in [3.8, 4) is 11.8 Å². The van der Waals surface area contributed by atoms with E-state index in [2.05, 4.69) is 15.9 Å². The molecule has 0 unspecified atom stereocenters. The minimum absolute atomic E-state index is 0.0419. The number of rotatable bonds is 7. The van der Waals surface area contributed by atoms with Crippen LogP contribution in [0, 0.1) is 11.3 Å². The lowest BCUT2D eigenvalue weighted by atomic mass is 10.0. The van der Waals surface area contributed by atoms with Gasteiger partial charge in [0.1, 0.15) is 24.0 Å². The third kappa shape index (κ3) is 5.22. The molecule has 0 bridgehead atoms. The Bertz CT molecular complexity index is 1150. The quantitative estimate of drug-likeness (QED) is 0.284. The summed E-state index contributed by atoms with van der Waals surface area (Å²) in [6, 6.07) is 22.3. The van der Waals surface area contributed by atoms with Gasteiger partial charge in [0.15, 0.2) is 0 Å². The van der Waals surface area contributed by atoms with E-state index in [9.17, 15) is 14.9 Å². The molecule has 0 atom stereocenters. The molecule has 0 amide bonds. The van der Waals surface area contributed by atoms with Crippen LogP contribution in [0.4, 0.5) is 0 Å². The number of carboxylic acids is 1. The zero-order valence-electron chi connectivity index (χ0n) is 15.7. The average Bonchev–Trinajstić information content (AvgIpc) is 2.77. The number of carbonyl (C=O) groups is 2. The number of carboxylic acid groups (broad SMARTS) is 1. The van der Waals surface area contributed by atoms with Crippen LogP contribution in [-0.2, 0) is 6.61 Å². The molecule has 3 aromatic carbocycles. The number of nitriles is 1. The Morgan fingerprint density at radius 2 is 1.70 bits per heavy atom. The van der Waals surface area contributed by atoms with E-state index in [1.165, 1.54) is 18.2 Å². The molecule has 148 valence electrons. The van der Waals surface area contributed by atoms with Crippen molar-refractivity contribution in [2.45, 2.75) is 6.61 Å². The van der Waals surface area contributed by atoms with Crippen LogP contribution in [0.25, 0.3) is 6.08 Å². The Labute approximate surface area is 182 Å². The molecule has 3 rings (SSSR count). The van der Waals surface area contributed by atoms with Crippen molar-refractivity contribution >= 4 is 33.8 Å². The maximum atomic E-state index is 12.5. The summed E-state index contributed by atoms with van der Waals surface area (Å²) in [5.41, 5.74) is 2.23. The first-order valence-corrected chi connectivity index (χ1v) is 9.73. The van der Waals surface area contributed by atoms with Gasteiger partial charge in [-0.1, -0.05) is 48.5 Å². The lowest BCUT2D eigenvalue weighted by Crippen LogP contribution is -2.01. The zero-order valence-corrected chi connectivity index (χ0v) is 17.3. The van der Waals surface area contributed by atoms with E-state index in [1.807, 2.05) is 12.1 Å². The van der Waals surface area contributed by atoms with Crippen LogP contribution in [0.2, 0.25) is 0 Å². The molecule has 0 aliphatic rings. The molecule has 0 fully saturated rings. The minimum Gasteiger partial charge on any atom is -0.488 e. The Kier molecular flexibility index (Phi) is 6.79. The molecule has 0 radical (unpaired) electrons. The van der Waals surface area contributed by atoms with Gasteiger partial charge in [0.2, 0.25) is 5.78 Å². The number of ether oxygens (including phenoxy) is 1. The van der Waals surface area contributed by atoms with Crippen molar-refractivity contribution in [1.29, 1.82) is 5.26 Å². The highest BCUT2D eigenvalue weighted by Crippen LogP contribution is 2.28. The van der Waals surface area contributed by atoms with Gasteiger partial charge in [0.05, 0.1) is 10.0 Å². The van der Waals surface area contributed by atoms with Gasteiger partial charge in [-0.15, -0.1) is 0 Å². The predicted molar refractivity (Wildman–Crippen MR) is 116 cm³/mol. The van der Waals surface area contributed by atoms with Gasteiger partial charge in [0, 0.05) is 5.56 Å². The summed E-state index contributed by atoms with van der Waals surface area (Å²) in [6.07, 6.45) is 1.54. The molecule has 0 aliphatic carbocycles. The van der Waals surface area contributed by atoms with Crippen LogP contribution < -0.4 is 4.74 Å². The molecule has 0 aliphatic heterocycles. The largest absolute Gasteiger partial charge is 0.488 e. The van der Waals surface area contributed by atoms with Gasteiger partial charge >= 0.3 is 5.97 Å². The predicted octanol–water partition coefficient (Wildman–Crippen LogP) is 5.52. The Morgan fingerprint density at radius 1 is 1.00 bits per heavy atom. The van der Waals surface area contributed by atoms with Gasteiger partial charge in [-0.3, -0.25) is 4.79 Å². The lowest BCUT2D eigenvalue weighted by molar-refractivity contribution is 0.0696. The summed E-state index contributed by atoms with van der Waals surface area (Å²) in [7, 11) is 0. The Balaban J connectivity index is 1.72. The van der Waals surface area contributed by atoms with Crippen molar-refractivity contribution in [2.75, 3.05) is 0 Å². The molecule has 6 heteroatoms. The van der Waals surface area contributed by atoms with E-state index in [-0.39, 0.29) is 23.5 Å². The van der Waals surface area contributed by atoms with Crippen LogP contribution in [0.3, 0.4) is 0 Å². The summed E-state index contributed by atoms with van der Waals surface area (Å²) >= 11 is 3.45. The first kappa shape index (κ1) is 21.0. The van der Waals surface area contributed by atoms with Gasteiger partial charge in [-0.25, -0.2) is 4.79 Å². The van der Waals surface area contributed by atoms with E-state index < -0.39 is 5.97 Å². The van der Waals surface area contributed by atoms with Crippen molar-refractivity contribution < 1.29 is 19.4 Å². The lowest BCUT2D eigenvalue weighted by Gasteiger charge is -2.09. The molecule has 0 saturated heterocycles. The van der Waals surface area contributed by atoms with Crippen LogP contribution in [0.1, 0.15) is 31.8 Å². The molecule has 0 saturated carbocycles. The maximum Gasteiger partial charge on any atom is 0.335 e. The van der Waals surface area contributed by atoms with Gasteiger partial charge < -0.3 is 9.84 Å². The molecule has 0 aromatic heterocycles. The summed E-state index contributed by atoms with van der Waals surface area (Å²) in [5.74, 6) is -0.724. The fourth-order valence-electron chi connectivity index (χ4n) is 2.69. The van der Waals surface area contributed by atoms with E-state index >= 15 is 0 Å². The first-order valence-electron chi connectivity index (χ1n) is 8.94. The second-order valence-electron chi connectivity index (χ2n) is 6.35. The van der Waals surface area contributed by atoms with Gasteiger partial charge in [0.25, 0.3) is 0 Å². The highest BCUT2D eigenvalue weighted by atomic mass is 79.9. The summed E-state index contributed by atoms with van der Waals surface area (Å²) < 4.78 is 6.45. The van der Waals surface area contributed by atoms with Crippen molar-refractivity contribution in [1.82, 2.24) is 0 Å². The Hall–Kier alpha value is -3.69. The molecule has 0 spiro atoms. The molecular formula is C24H16BrNO4. The standard InChI is InChI=1S/C24H16BrNO4/c25-21-13-17(12-20(14-26)23(27)18-4-2-1-3-5-18)8-11-22(21)30-15-16-6-9-19(10-7-16)24(28)29/h1-13H,15H2,(H,28,29)/b20-12+.